The van der Waals surface area contributed by atoms with Gasteiger partial charge in [-0.15, -0.1) is 12.4 Å². The Hall–Kier alpha value is -0.530. The summed E-state index contributed by atoms with van der Waals surface area (Å²) < 4.78 is 0. The fourth-order valence-electron chi connectivity index (χ4n) is 6.15. The third-order valence-corrected chi connectivity index (χ3v) is 6.40. The van der Waals surface area contributed by atoms with E-state index in [1.807, 2.05) is 0 Å². The molecule has 0 aromatic heterocycles. The Morgan fingerprint density at radius 3 is 2.09 bits per heavy atom. The van der Waals surface area contributed by atoms with Gasteiger partial charge in [-0.2, -0.15) is 0 Å². The van der Waals surface area contributed by atoms with E-state index < -0.39 is 0 Å². The molecule has 1 aromatic rings. The summed E-state index contributed by atoms with van der Waals surface area (Å²) in [6, 6.07) is 11.5. The van der Waals surface area contributed by atoms with Crippen LogP contribution in [0.5, 0.6) is 0 Å². The van der Waals surface area contributed by atoms with Gasteiger partial charge in [0.05, 0.1) is 0 Å². The van der Waals surface area contributed by atoms with Crippen LogP contribution in [0.15, 0.2) is 30.3 Å². The summed E-state index contributed by atoms with van der Waals surface area (Å²) >= 11 is 0. The van der Waals surface area contributed by atoms with E-state index in [9.17, 15) is 0 Å². The van der Waals surface area contributed by atoms with Crippen LogP contribution in [0, 0.1) is 23.2 Å². The van der Waals surface area contributed by atoms with Gasteiger partial charge in [0.25, 0.3) is 0 Å². The van der Waals surface area contributed by atoms with E-state index in [4.69, 9.17) is 0 Å². The highest BCUT2D eigenvalue weighted by Crippen LogP contribution is 2.61. The molecule has 0 radical (unpaired) electrons. The predicted molar refractivity (Wildman–Crippen MR) is 95.2 cm³/mol. The van der Waals surface area contributed by atoms with Gasteiger partial charge in [0, 0.05) is 12.6 Å². The molecular formula is C20H30ClN. The Morgan fingerprint density at radius 1 is 1.00 bits per heavy atom. The monoisotopic (exact) mass is 319 g/mol. The maximum absolute atomic E-state index is 3.77. The third-order valence-electron chi connectivity index (χ3n) is 6.40. The van der Waals surface area contributed by atoms with Gasteiger partial charge in [-0.1, -0.05) is 30.3 Å². The molecule has 1 unspecified atom stereocenters. The van der Waals surface area contributed by atoms with Crippen LogP contribution in [0.2, 0.25) is 0 Å². The van der Waals surface area contributed by atoms with Crippen molar-refractivity contribution in [1.29, 1.82) is 0 Å². The summed E-state index contributed by atoms with van der Waals surface area (Å²) in [6.45, 7) is 3.43. The molecule has 1 aromatic carbocycles. The zero-order chi connectivity index (χ0) is 14.3. The molecule has 1 atom stereocenters. The molecule has 0 heterocycles. The minimum Gasteiger partial charge on any atom is -0.310 e. The number of hydrogen-bond donors (Lipinski definition) is 1. The van der Waals surface area contributed by atoms with Gasteiger partial charge < -0.3 is 5.32 Å². The molecule has 4 fully saturated rings. The number of halogens is 1. The second-order valence-corrected chi connectivity index (χ2v) is 8.39. The second-order valence-electron chi connectivity index (χ2n) is 8.39. The van der Waals surface area contributed by atoms with Crippen LogP contribution < -0.4 is 5.32 Å². The lowest BCUT2D eigenvalue weighted by Crippen LogP contribution is -2.48. The van der Waals surface area contributed by atoms with Crippen molar-refractivity contribution in [3.05, 3.63) is 35.9 Å². The predicted octanol–water partition coefficient (Wildman–Crippen LogP) is 5.19. The largest absolute Gasteiger partial charge is 0.310 e. The Balaban J connectivity index is 0.00000144. The van der Waals surface area contributed by atoms with Gasteiger partial charge in [-0.25, -0.2) is 0 Å². The van der Waals surface area contributed by atoms with Crippen LogP contribution in [0.1, 0.15) is 57.4 Å². The van der Waals surface area contributed by atoms with Crippen molar-refractivity contribution in [2.45, 2.75) is 64.5 Å². The standard InChI is InChI=1S/C20H29N.ClH/c1-15(21-14-16-5-3-2-4-6-16)10-20-11-17-7-18(12-20)9-19(8-17)13-20;/h2-6,15,17-19,21H,7-14H2,1H3;1H. The molecule has 1 nitrogen and oxygen atoms in total. The minimum absolute atomic E-state index is 0. The summed E-state index contributed by atoms with van der Waals surface area (Å²) in [5.41, 5.74) is 2.12. The van der Waals surface area contributed by atoms with Crippen molar-refractivity contribution >= 4 is 12.4 Å². The first-order chi connectivity index (χ1) is 10.2. The van der Waals surface area contributed by atoms with Gasteiger partial charge >= 0.3 is 0 Å². The fraction of sp³-hybridized carbons (Fsp3) is 0.700. The van der Waals surface area contributed by atoms with Crippen molar-refractivity contribution < 1.29 is 0 Å². The zero-order valence-corrected chi connectivity index (χ0v) is 14.6. The smallest absolute Gasteiger partial charge is 0.0207 e. The van der Waals surface area contributed by atoms with Crippen molar-refractivity contribution in [1.82, 2.24) is 5.32 Å². The molecule has 1 N–H and O–H groups in total. The molecule has 4 aliphatic rings. The van der Waals surface area contributed by atoms with Crippen molar-refractivity contribution in [3.8, 4) is 0 Å². The number of nitrogens with one attached hydrogen (secondary N) is 1. The Labute approximate surface area is 141 Å². The number of benzene rings is 1. The van der Waals surface area contributed by atoms with E-state index in [1.165, 1.54) is 31.2 Å². The summed E-state index contributed by atoms with van der Waals surface area (Å²) in [5, 5.41) is 3.77. The third kappa shape index (κ3) is 3.36. The summed E-state index contributed by atoms with van der Waals surface area (Å²) in [5.74, 6) is 3.24. The summed E-state index contributed by atoms with van der Waals surface area (Å²) in [4.78, 5) is 0. The molecule has 2 heteroatoms. The number of rotatable bonds is 5. The molecule has 4 aliphatic carbocycles. The van der Waals surface area contributed by atoms with E-state index in [1.54, 1.807) is 19.3 Å². The molecule has 0 saturated heterocycles. The summed E-state index contributed by atoms with van der Waals surface area (Å²) in [7, 11) is 0. The molecule has 4 bridgehead atoms. The van der Waals surface area contributed by atoms with Crippen molar-refractivity contribution in [2.24, 2.45) is 23.2 Å². The summed E-state index contributed by atoms with van der Waals surface area (Å²) in [6.07, 6.45) is 10.7. The fourth-order valence-corrected chi connectivity index (χ4v) is 6.15. The van der Waals surface area contributed by atoms with Crippen LogP contribution in [0.4, 0.5) is 0 Å². The topological polar surface area (TPSA) is 12.0 Å². The SMILES string of the molecule is CC(CC12CC3CC(CC(C3)C1)C2)NCc1ccccc1.Cl. The molecule has 4 saturated carbocycles. The zero-order valence-electron chi connectivity index (χ0n) is 13.8. The molecule has 22 heavy (non-hydrogen) atoms. The second kappa shape index (κ2) is 6.53. The lowest BCUT2D eigenvalue weighted by Gasteiger charge is -2.57. The van der Waals surface area contributed by atoms with E-state index >= 15 is 0 Å². The quantitative estimate of drug-likeness (QED) is 0.787. The van der Waals surface area contributed by atoms with Crippen LogP contribution in [0.25, 0.3) is 0 Å². The van der Waals surface area contributed by atoms with Crippen molar-refractivity contribution in [2.75, 3.05) is 0 Å². The van der Waals surface area contributed by atoms with Gasteiger partial charge in [-0.3, -0.25) is 0 Å². The molecule has 5 rings (SSSR count). The van der Waals surface area contributed by atoms with Gasteiger partial charge in [0.15, 0.2) is 0 Å². The van der Waals surface area contributed by atoms with Crippen LogP contribution >= 0.6 is 12.4 Å². The Bertz CT molecular complexity index is 448. The molecule has 0 amide bonds. The first-order valence-corrected chi connectivity index (χ1v) is 8.98. The Kier molecular flexibility index (Phi) is 4.85. The molecule has 122 valence electrons. The van der Waals surface area contributed by atoms with E-state index in [0.29, 0.717) is 11.5 Å². The van der Waals surface area contributed by atoms with Crippen molar-refractivity contribution in [3.63, 3.8) is 0 Å². The van der Waals surface area contributed by atoms with E-state index in [0.717, 1.165) is 24.3 Å². The average molecular weight is 320 g/mol. The lowest BCUT2D eigenvalue weighted by molar-refractivity contribution is -0.0612. The molecule has 0 spiro atoms. The van der Waals surface area contributed by atoms with E-state index in [-0.39, 0.29) is 12.4 Å². The first-order valence-electron chi connectivity index (χ1n) is 8.98. The van der Waals surface area contributed by atoms with Crippen LogP contribution in [-0.4, -0.2) is 6.04 Å². The Morgan fingerprint density at radius 2 is 1.55 bits per heavy atom. The number of hydrogen-bond acceptors (Lipinski definition) is 1. The van der Waals surface area contributed by atoms with Gasteiger partial charge in [0.2, 0.25) is 0 Å². The highest BCUT2D eigenvalue weighted by atomic mass is 35.5. The van der Waals surface area contributed by atoms with Crippen LogP contribution in [-0.2, 0) is 6.54 Å². The first kappa shape index (κ1) is 16.3. The van der Waals surface area contributed by atoms with Crippen LogP contribution in [0.3, 0.4) is 0 Å². The maximum Gasteiger partial charge on any atom is 0.0207 e. The normalized spacial score (nSPS) is 36.9. The highest BCUT2D eigenvalue weighted by molar-refractivity contribution is 5.85. The maximum atomic E-state index is 3.77. The van der Waals surface area contributed by atoms with Gasteiger partial charge in [0.1, 0.15) is 0 Å². The lowest BCUT2D eigenvalue weighted by atomic mass is 9.48. The molecule has 0 aliphatic heterocycles. The molecular weight excluding hydrogens is 290 g/mol. The van der Waals surface area contributed by atoms with E-state index in [2.05, 4.69) is 42.6 Å². The van der Waals surface area contributed by atoms with Gasteiger partial charge in [-0.05, 0) is 80.6 Å². The highest BCUT2D eigenvalue weighted by Gasteiger charge is 2.50. The average Bonchev–Trinajstić information content (AvgIpc) is 2.44. The minimum atomic E-state index is 0.